The molecule has 0 atom stereocenters. The van der Waals surface area contributed by atoms with Crippen LogP contribution in [0, 0.1) is 0 Å². The molecular weight excluding hydrogens is 1670 g/mol. The second kappa shape index (κ2) is 35.3. The molecule has 0 spiro atoms. The Labute approximate surface area is 800 Å². The van der Waals surface area contributed by atoms with Crippen LogP contribution in [0.15, 0.2) is 543 Å². The predicted molar refractivity (Wildman–Crippen MR) is 580 cm³/mol. The van der Waals surface area contributed by atoms with Crippen LogP contribution in [-0.4, -0.2) is 9.13 Å². The van der Waals surface area contributed by atoms with Crippen molar-refractivity contribution in [1.82, 2.24) is 9.13 Å². The third-order valence-corrected chi connectivity index (χ3v) is 27.3. The lowest BCUT2D eigenvalue weighted by Crippen LogP contribution is -2.11. The molecule has 26 rings (SSSR count). The van der Waals surface area contributed by atoms with Crippen molar-refractivity contribution in [1.29, 1.82) is 0 Å². The Morgan fingerprint density at radius 1 is 0.145 bits per heavy atom. The van der Waals surface area contributed by atoms with Gasteiger partial charge in [-0.1, -0.05) is 394 Å². The number of furan rings is 2. The van der Waals surface area contributed by atoms with Gasteiger partial charge in [0.2, 0.25) is 0 Å². The number of hydrogen-bond acceptors (Lipinski definition) is 4. The largest absolute Gasteiger partial charge is 0.456 e. The van der Waals surface area contributed by atoms with E-state index in [9.17, 15) is 0 Å². The van der Waals surface area contributed by atoms with Gasteiger partial charge in [-0.05, 0) is 245 Å². The molecule has 0 aliphatic heterocycles. The third kappa shape index (κ3) is 15.2. The molecule has 648 valence electrons. The van der Waals surface area contributed by atoms with Crippen molar-refractivity contribution in [3.63, 3.8) is 0 Å². The Morgan fingerprint density at radius 2 is 0.391 bits per heavy atom. The highest BCUT2D eigenvalue weighted by atomic mass is 16.3. The molecule has 26 aromatic rings. The minimum absolute atomic E-state index is 0.906. The van der Waals surface area contributed by atoms with E-state index in [0.717, 1.165) is 156 Å². The summed E-state index contributed by atoms with van der Waals surface area (Å²) in [6, 6.07) is 192. The van der Waals surface area contributed by atoms with Crippen molar-refractivity contribution in [2.75, 3.05) is 9.80 Å². The SMILES string of the molecule is c1ccc(-c2ccc(-c3cccc(N(c4ccc(-c5ccc(-c6cccc7oc8ccccc8c67)cc5)cc4)c4ccc(-c5cccc(-n6c7ccccc7c7ccccc76)c5)cc4)c3)cc2)cc1.c1ccc(-c2ccc(-c3ccccc3N(c3ccc(-c4ccc(-c5cccc6oc7ccccc7c56)cc4)cc3)c3ccc(-c4cccc(-n5c6ccccc6c6ccccc65)c4)cc3)cc2)cc1. The quantitative estimate of drug-likeness (QED) is 0.0859. The Hall–Kier alpha value is -18.4. The summed E-state index contributed by atoms with van der Waals surface area (Å²) in [5.41, 5.74) is 40.6. The molecule has 0 amide bonds. The molecule has 0 saturated heterocycles. The first-order valence-electron chi connectivity index (χ1n) is 47.1. The van der Waals surface area contributed by atoms with Crippen molar-refractivity contribution < 1.29 is 8.83 Å². The minimum Gasteiger partial charge on any atom is -0.456 e. The van der Waals surface area contributed by atoms with Crippen molar-refractivity contribution in [2.24, 2.45) is 0 Å². The lowest BCUT2D eigenvalue weighted by molar-refractivity contribution is 0.668. The molecular formula is C132H88N4O2. The number of nitrogens with zero attached hydrogens (tertiary/aromatic N) is 4. The molecule has 0 aliphatic rings. The molecule has 0 fully saturated rings. The highest BCUT2D eigenvalue weighted by Gasteiger charge is 2.24. The van der Waals surface area contributed by atoms with E-state index in [1.807, 2.05) is 24.3 Å². The summed E-state index contributed by atoms with van der Waals surface area (Å²) in [6.07, 6.45) is 0. The molecule has 4 aromatic heterocycles. The normalized spacial score (nSPS) is 11.5. The summed E-state index contributed by atoms with van der Waals surface area (Å²) in [5.74, 6) is 0. The number of para-hydroxylation sites is 7. The molecule has 6 heteroatoms. The second-order valence-corrected chi connectivity index (χ2v) is 35.4. The number of rotatable bonds is 18. The molecule has 0 unspecified atom stereocenters. The highest BCUT2D eigenvalue weighted by molar-refractivity contribution is 6.15. The molecule has 0 bridgehead atoms. The van der Waals surface area contributed by atoms with E-state index in [2.05, 4.69) is 529 Å². The van der Waals surface area contributed by atoms with Crippen LogP contribution in [0.5, 0.6) is 0 Å². The van der Waals surface area contributed by atoms with Gasteiger partial charge in [-0.2, -0.15) is 0 Å². The lowest BCUT2D eigenvalue weighted by Gasteiger charge is -2.28. The monoisotopic (exact) mass is 1760 g/mol. The van der Waals surface area contributed by atoms with Gasteiger partial charge in [0.05, 0.1) is 27.8 Å². The lowest BCUT2D eigenvalue weighted by atomic mass is 9.96. The zero-order valence-electron chi connectivity index (χ0n) is 75.4. The van der Waals surface area contributed by atoms with Gasteiger partial charge in [0, 0.05) is 88.5 Å². The van der Waals surface area contributed by atoms with Crippen molar-refractivity contribution in [3.8, 4) is 123 Å². The van der Waals surface area contributed by atoms with Crippen molar-refractivity contribution >= 4 is 122 Å². The van der Waals surface area contributed by atoms with Gasteiger partial charge in [-0.25, -0.2) is 0 Å². The molecule has 0 radical (unpaired) electrons. The first kappa shape index (κ1) is 81.6. The topological polar surface area (TPSA) is 42.6 Å². The smallest absolute Gasteiger partial charge is 0.136 e. The Balaban J connectivity index is 0.000000146. The fourth-order valence-electron chi connectivity index (χ4n) is 20.5. The van der Waals surface area contributed by atoms with Crippen LogP contribution in [0.3, 0.4) is 0 Å². The van der Waals surface area contributed by atoms with Crippen LogP contribution in [-0.2, 0) is 0 Å². The van der Waals surface area contributed by atoms with E-state index < -0.39 is 0 Å². The van der Waals surface area contributed by atoms with E-state index >= 15 is 0 Å². The van der Waals surface area contributed by atoms with Gasteiger partial charge in [0.1, 0.15) is 22.3 Å². The number of hydrogen-bond donors (Lipinski definition) is 0. The van der Waals surface area contributed by atoms with Gasteiger partial charge in [0.15, 0.2) is 0 Å². The molecule has 0 aliphatic carbocycles. The Bertz CT molecular complexity index is 8900. The average molecular weight is 1760 g/mol. The number of fused-ring (bicyclic) bond motifs is 12. The average Bonchev–Trinajstić information content (AvgIpc) is 1.66. The van der Waals surface area contributed by atoms with Gasteiger partial charge in [0.25, 0.3) is 0 Å². The maximum atomic E-state index is 6.22. The van der Waals surface area contributed by atoms with E-state index in [1.54, 1.807) is 0 Å². The van der Waals surface area contributed by atoms with Crippen LogP contribution >= 0.6 is 0 Å². The van der Waals surface area contributed by atoms with Gasteiger partial charge >= 0.3 is 0 Å². The molecule has 138 heavy (non-hydrogen) atoms. The second-order valence-electron chi connectivity index (χ2n) is 35.4. The van der Waals surface area contributed by atoms with E-state index in [0.29, 0.717) is 0 Å². The molecule has 22 aromatic carbocycles. The summed E-state index contributed by atoms with van der Waals surface area (Å²) >= 11 is 0. The van der Waals surface area contributed by atoms with Gasteiger partial charge in [-0.15, -0.1) is 0 Å². The Morgan fingerprint density at radius 3 is 0.768 bits per heavy atom. The van der Waals surface area contributed by atoms with E-state index in [-0.39, 0.29) is 0 Å². The summed E-state index contributed by atoms with van der Waals surface area (Å²) in [6.45, 7) is 0. The fraction of sp³-hybridized carbons (Fsp3) is 0. The summed E-state index contributed by atoms with van der Waals surface area (Å²) < 4.78 is 17.2. The zero-order valence-corrected chi connectivity index (χ0v) is 75.4. The van der Waals surface area contributed by atoms with Crippen molar-refractivity contribution in [3.05, 3.63) is 534 Å². The van der Waals surface area contributed by atoms with Crippen LogP contribution in [0.4, 0.5) is 34.1 Å². The summed E-state index contributed by atoms with van der Waals surface area (Å²) in [4.78, 5) is 4.75. The Kier molecular flexibility index (Phi) is 20.9. The molecule has 0 saturated carbocycles. The van der Waals surface area contributed by atoms with Crippen LogP contribution < -0.4 is 9.80 Å². The number of anilines is 6. The number of aromatic nitrogens is 2. The van der Waals surface area contributed by atoms with Crippen LogP contribution in [0.2, 0.25) is 0 Å². The standard InChI is InChI=1S/2C66H44N2O/c1-2-14-45(15-3-1)46-28-32-50(33-29-46)56-18-4-8-23-61(56)67(53-40-36-48(37-41-53)47-30-34-51(35-31-47)57-22-13-27-65-66(57)60-21-7-11-26-64(60)69-65)54-42-38-49(39-43-54)52-16-12-17-55(44-52)68-62-24-9-5-19-58(62)59-20-6-10-25-63(59)68;1-2-13-45(14-3-1)46-27-29-49(30-28-46)52-15-10-17-56(43-52)67(54-39-35-48(36-40-54)47-31-33-51(34-32-47)58-22-12-26-65-66(58)61-21-6-9-25-64(61)69-65)55-41-37-50(38-42-55)53-16-11-18-57(44-53)68-62-23-7-4-19-59(62)60-20-5-8-24-63(60)68/h2*1-44H. The third-order valence-electron chi connectivity index (χ3n) is 27.3. The predicted octanol–water partition coefficient (Wildman–Crippen LogP) is 37.0. The molecule has 4 heterocycles. The van der Waals surface area contributed by atoms with Crippen molar-refractivity contribution in [2.45, 2.75) is 0 Å². The minimum atomic E-state index is 0.906. The fourth-order valence-corrected chi connectivity index (χ4v) is 20.5. The molecule has 0 N–H and O–H groups in total. The van der Waals surface area contributed by atoms with Gasteiger partial charge < -0.3 is 27.8 Å². The highest BCUT2D eigenvalue weighted by Crippen LogP contribution is 2.48. The first-order valence-corrected chi connectivity index (χ1v) is 47.1. The number of benzene rings is 22. The zero-order chi connectivity index (χ0) is 91.4. The van der Waals surface area contributed by atoms with Crippen LogP contribution in [0.1, 0.15) is 0 Å². The summed E-state index contributed by atoms with van der Waals surface area (Å²) in [5, 5.41) is 9.61. The van der Waals surface area contributed by atoms with E-state index in [1.165, 1.54) is 88.1 Å². The molecule has 6 nitrogen and oxygen atoms in total. The van der Waals surface area contributed by atoms with E-state index in [4.69, 9.17) is 8.83 Å². The van der Waals surface area contributed by atoms with Crippen LogP contribution in [0.25, 0.3) is 210 Å². The van der Waals surface area contributed by atoms with Gasteiger partial charge in [-0.3, -0.25) is 0 Å². The first-order chi connectivity index (χ1) is 68.4. The maximum Gasteiger partial charge on any atom is 0.136 e. The maximum absolute atomic E-state index is 6.22. The summed E-state index contributed by atoms with van der Waals surface area (Å²) in [7, 11) is 0.